The Hall–Kier alpha value is -5.16. The van der Waals surface area contributed by atoms with Crippen molar-refractivity contribution in [3.8, 4) is 0 Å². The fraction of sp³-hybridized carbons (Fsp3) is 0.222. The zero-order valence-electron chi connectivity index (χ0n) is 23.3. The quantitative estimate of drug-likeness (QED) is 0.113. The fourth-order valence-electron chi connectivity index (χ4n) is 3.74. The summed E-state index contributed by atoms with van der Waals surface area (Å²) >= 11 is 1.01. The number of non-ortho nitro benzene ring substituents is 1. The second kappa shape index (κ2) is 14.8. The van der Waals surface area contributed by atoms with Crippen molar-refractivity contribution in [1.82, 2.24) is 15.8 Å². The van der Waals surface area contributed by atoms with Gasteiger partial charge in [-0.3, -0.25) is 20.3 Å². The number of hydrogen-bond acceptors (Lipinski definition) is 13. The molecule has 0 spiro atoms. The third kappa shape index (κ3) is 9.43. The SMILES string of the molecule is CCN(CCOC(=O)NNC(=O)c1csc(CS(=O)(=O)Cc2ccco2)n1)c1ccc(N=Nc2ccc([N+](=O)[O-])cc2)cc1. The van der Waals surface area contributed by atoms with E-state index in [9.17, 15) is 28.1 Å². The number of nitrogens with one attached hydrogen (secondary N) is 2. The number of ether oxygens (including phenoxy) is 1. The van der Waals surface area contributed by atoms with Gasteiger partial charge in [-0.1, -0.05) is 0 Å². The zero-order chi connectivity index (χ0) is 31.5. The molecule has 4 rings (SSSR count). The summed E-state index contributed by atoms with van der Waals surface area (Å²) in [5, 5.41) is 20.6. The van der Waals surface area contributed by atoms with Crippen LogP contribution in [0.4, 0.5) is 27.5 Å². The first-order chi connectivity index (χ1) is 21.1. The van der Waals surface area contributed by atoms with E-state index in [0.717, 1.165) is 17.0 Å². The molecule has 44 heavy (non-hydrogen) atoms. The molecule has 2 aromatic heterocycles. The molecule has 0 aliphatic carbocycles. The maximum Gasteiger partial charge on any atom is 0.426 e. The van der Waals surface area contributed by atoms with Crippen molar-refractivity contribution in [1.29, 1.82) is 0 Å². The highest BCUT2D eigenvalue weighted by Crippen LogP contribution is 2.24. The van der Waals surface area contributed by atoms with Crippen LogP contribution in [0, 0.1) is 10.1 Å². The van der Waals surface area contributed by atoms with Crippen LogP contribution in [0.15, 0.2) is 87.0 Å². The number of azo groups is 1. The normalized spacial score (nSPS) is 11.3. The van der Waals surface area contributed by atoms with Gasteiger partial charge in [0.25, 0.3) is 11.6 Å². The lowest BCUT2D eigenvalue weighted by atomic mass is 10.2. The molecular weight excluding hydrogens is 614 g/mol. The maximum atomic E-state index is 12.3. The first-order valence-corrected chi connectivity index (χ1v) is 15.7. The minimum atomic E-state index is -3.55. The van der Waals surface area contributed by atoms with Gasteiger partial charge in [0.15, 0.2) is 9.84 Å². The number of hydrogen-bond donors (Lipinski definition) is 2. The van der Waals surface area contributed by atoms with Crippen molar-refractivity contribution >= 4 is 55.9 Å². The number of anilines is 1. The molecule has 0 aliphatic heterocycles. The smallest absolute Gasteiger partial charge is 0.426 e. The number of carbonyl (C=O) groups excluding carboxylic acids is 2. The molecule has 2 N–H and O–H groups in total. The van der Waals surface area contributed by atoms with Gasteiger partial charge in [0.05, 0.1) is 29.1 Å². The molecule has 0 unspecified atom stereocenters. The number of amides is 2. The van der Waals surface area contributed by atoms with Crippen molar-refractivity contribution in [3.05, 3.63) is 98.9 Å². The molecule has 0 aliphatic rings. The summed E-state index contributed by atoms with van der Waals surface area (Å²) < 4.78 is 34.9. The summed E-state index contributed by atoms with van der Waals surface area (Å²) in [6.45, 7) is 2.94. The van der Waals surface area contributed by atoms with Crippen LogP contribution in [0.1, 0.15) is 28.2 Å². The molecule has 4 aromatic rings. The van der Waals surface area contributed by atoms with E-state index in [-0.39, 0.29) is 34.5 Å². The number of benzene rings is 2. The van der Waals surface area contributed by atoms with Gasteiger partial charge >= 0.3 is 6.09 Å². The number of furan rings is 1. The first kappa shape index (κ1) is 31.8. The molecule has 0 fully saturated rings. The summed E-state index contributed by atoms with van der Waals surface area (Å²) in [5.41, 5.74) is 6.16. The molecule has 2 aromatic carbocycles. The van der Waals surface area contributed by atoms with E-state index >= 15 is 0 Å². The van der Waals surface area contributed by atoms with Gasteiger partial charge in [-0.2, -0.15) is 10.2 Å². The van der Waals surface area contributed by atoms with E-state index in [1.165, 1.54) is 35.9 Å². The molecule has 2 heterocycles. The van der Waals surface area contributed by atoms with Crippen LogP contribution < -0.4 is 15.8 Å². The number of nitro groups is 1. The average molecular weight is 642 g/mol. The molecule has 0 atom stereocenters. The van der Waals surface area contributed by atoms with Crippen molar-refractivity contribution in [2.75, 3.05) is 24.6 Å². The second-order valence-corrected chi connectivity index (χ2v) is 12.0. The van der Waals surface area contributed by atoms with E-state index in [1.54, 1.807) is 24.3 Å². The van der Waals surface area contributed by atoms with Gasteiger partial charge in [0, 0.05) is 29.7 Å². The van der Waals surface area contributed by atoms with Gasteiger partial charge in [-0.15, -0.1) is 11.3 Å². The summed E-state index contributed by atoms with van der Waals surface area (Å²) in [7, 11) is -3.55. The predicted molar refractivity (Wildman–Crippen MR) is 161 cm³/mol. The monoisotopic (exact) mass is 641 g/mol. The van der Waals surface area contributed by atoms with Crippen LogP contribution >= 0.6 is 11.3 Å². The molecule has 0 saturated carbocycles. The Morgan fingerprint density at radius 2 is 1.73 bits per heavy atom. The summed E-state index contributed by atoms with van der Waals surface area (Å²) in [6.07, 6.45) is 0.505. The number of nitrogens with zero attached hydrogens (tertiary/aromatic N) is 5. The maximum absolute atomic E-state index is 12.3. The summed E-state index contributed by atoms with van der Waals surface area (Å²) in [4.78, 5) is 40.7. The van der Waals surface area contributed by atoms with E-state index < -0.39 is 26.8 Å². The molecule has 17 heteroatoms. The van der Waals surface area contributed by atoms with E-state index in [0.29, 0.717) is 30.2 Å². The summed E-state index contributed by atoms with van der Waals surface area (Å²) in [6, 6.07) is 16.1. The molecular formula is C27H27N7O8S2. The molecule has 0 bridgehead atoms. The molecule has 2 amide bonds. The minimum absolute atomic E-state index is 0.0194. The number of rotatable bonds is 13. The fourth-order valence-corrected chi connectivity index (χ4v) is 6.25. The highest BCUT2D eigenvalue weighted by Gasteiger charge is 2.19. The Morgan fingerprint density at radius 1 is 1.05 bits per heavy atom. The lowest BCUT2D eigenvalue weighted by Crippen LogP contribution is -2.42. The topological polar surface area (TPSA) is 199 Å². The van der Waals surface area contributed by atoms with Crippen LogP contribution in [0.3, 0.4) is 0 Å². The average Bonchev–Trinajstić information content (AvgIpc) is 3.69. The van der Waals surface area contributed by atoms with Crippen LogP contribution in [0.25, 0.3) is 0 Å². The van der Waals surface area contributed by atoms with Crippen LogP contribution in [-0.2, 0) is 26.1 Å². The van der Waals surface area contributed by atoms with Gasteiger partial charge in [-0.25, -0.2) is 23.6 Å². The third-order valence-electron chi connectivity index (χ3n) is 5.88. The third-order valence-corrected chi connectivity index (χ3v) is 8.35. The number of likely N-dealkylation sites (N-methyl/N-ethyl adjacent to an activating group) is 1. The standard InChI is InChI=1S/C27H27N7O8S2/c1-2-33(21-9-5-19(6-10-21)29-30-20-7-11-22(12-8-20)34(37)38)13-15-42-27(36)32-31-26(35)24-16-43-25(28-24)18-44(39,40)17-23-4-3-14-41-23/h3-12,14,16H,2,13,15,17-18H2,1H3,(H,31,35)(H,32,36). The molecule has 0 radical (unpaired) electrons. The Balaban J connectivity index is 1.19. The Bertz CT molecular complexity index is 1710. The van der Waals surface area contributed by atoms with E-state index in [2.05, 4.69) is 26.1 Å². The lowest BCUT2D eigenvalue weighted by molar-refractivity contribution is -0.384. The minimum Gasteiger partial charge on any atom is -0.468 e. The van der Waals surface area contributed by atoms with Gasteiger partial charge in [-0.05, 0) is 55.5 Å². The Kier molecular flexibility index (Phi) is 10.7. The van der Waals surface area contributed by atoms with E-state index in [4.69, 9.17) is 9.15 Å². The van der Waals surface area contributed by atoms with Crippen molar-refractivity contribution in [2.24, 2.45) is 10.2 Å². The number of aromatic nitrogens is 1. The van der Waals surface area contributed by atoms with Gasteiger partial charge in [0.1, 0.15) is 34.6 Å². The lowest BCUT2D eigenvalue weighted by Gasteiger charge is -2.23. The number of nitro benzene ring substituents is 1. The molecule has 230 valence electrons. The number of carbonyl (C=O) groups is 2. The van der Waals surface area contributed by atoms with Gasteiger partial charge in [0.2, 0.25) is 0 Å². The van der Waals surface area contributed by atoms with Crippen molar-refractivity contribution in [2.45, 2.75) is 18.4 Å². The number of hydrazine groups is 1. The molecule has 0 saturated heterocycles. The summed E-state index contributed by atoms with van der Waals surface area (Å²) in [5.74, 6) is -1.06. The van der Waals surface area contributed by atoms with Gasteiger partial charge < -0.3 is 14.1 Å². The number of sulfone groups is 1. The predicted octanol–water partition coefficient (Wildman–Crippen LogP) is 5.07. The van der Waals surface area contributed by atoms with Crippen molar-refractivity contribution in [3.63, 3.8) is 0 Å². The van der Waals surface area contributed by atoms with Crippen LogP contribution in [0.5, 0.6) is 0 Å². The van der Waals surface area contributed by atoms with E-state index in [1.807, 2.05) is 24.0 Å². The molecule has 15 nitrogen and oxygen atoms in total. The Labute approximate surface area is 255 Å². The van der Waals surface area contributed by atoms with Crippen LogP contribution in [-0.4, -0.2) is 50.0 Å². The van der Waals surface area contributed by atoms with Crippen LogP contribution in [0.2, 0.25) is 0 Å². The highest BCUT2D eigenvalue weighted by molar-refractivity contribution is 7.89. The highest BCUT2D eigenvalue weighted by atomic mass is 32.2. The second-order valence-electron chi connectivity index (χ2n) is 9.02. The Morgan fingerprint density at radius 3 is 2.34 bits per heavy atom. The largest absolute Gasteiger partial charge is 0.468 e. The van der Waals surface area contributed by atoms with Crippen molar-refractivity contribution < 1.29 is 32.1 Å². The number of thiazole rings is 1. The zero-order valence-corrected chi connectivity index (χ0v) is 24.9. The first-order valence-electron chi connectivity index (χ1n) is 13.0.